The van der Waals surface area contributed by atoms with Crippen LogP contribution in [0.15, 0.2) is 47.6 Å². The van der Waals surface area contributed by atoms with Crippen molar-refractivity contribution in [2.75, 3.05) is 5.75 Å². The number of ketones is 1. The van der Waals surface area contributed by atoms with Crippen molar-refractivity contribution in [3.8, 4) is 5.69 Å². The lowest BCUT2D eigenvalue weighted by Gasteiger charge is -2.08. The Morgan fingerprint density at radius 3 is 2.79 bits per heavy atom. The van der Waals surface area contributed by atoms with Gasteiger partial charge in [0.25, 0.3) is 0 Å². The van der Waals surface area contributed by atoms with E-state index in [0.717, 1.165) is 16.8 Å². The van der Waals surface area contributed by atoms with Crippen molar-refractivity contribution in [2.24, 2.45) is 0 Å². The minimum atomic E-state index is -0.0545. The monoisotopic (exact) mass is 358 g/mol. The number of hydrogen-bond acceptors (Lipinski definition) is 5. The van der Waals surface area contributed by atoms with Gasteiger partial charge in [0.05, 0.1) is 16.5 Å². The lowest BCUT2D eigenvalue weighted by molar-refractivity contribution is 0.102. The molecule has 0 fully saturated rings. The summed E-state index contributed by atoms with van der Waals surface area (Å²) in [5.74, 6) is 0.163. The SMILES string of the molecule is Cc1ccc(C)c(-n2nnnc2SCC(=O)c2ccccc2Cl)c1. The fraction of sp³-hybridized carbons (Fsp3) is 0.176. The maximum Gasteiger partial charge on any atom is 0.214 e. The van der Waals surface area contributed by atoms with Crippen molar-refractivity contribution >= 4 is 29.1 Å². The summed E-state index contributed by atoms with van der Waals surface area (Å²) < 4.78 is 1.66. The lowest BCUT2D eigenvalue weighted by Crippen LogP contribution is -2.06. The molecule has 7 heteroatoms. The van der Waals surface area contributed by atoms with E-state index < -0.39 is 0 Å². The molecule has 0 bridgehead atoms. The summed E-state index contributed by atoms with van der Waals surface area (Å²) in [6.07, 6.45) is 0. The van der Waals surface area contributed by atoms with E-state index in [1.165, 1.54) is 11.8 Å². The van der Waals surface area contributed by atoms with Gasteiger partial charge in [0, 0.05) is 5.56 Å². The molecule has 0 amide bonds. The summed E-state index contributed by atoms with van der Waals surface area (Å²) in [5, 5.41) is 12.9. The standard InChI is InChI=1S/C17H15ClN4OS/c1-11-7-8-12(2)15(9-11)22-17(19-20-21-22)24-10-16(23)13-5-3-4-6-14(13)18/h3-9H,10H2,1-2H3. The van der Waals surface area contributed by atoms with Gasteiger partial charge in [0.15, 0.2) is 5.78 Å². The van der Waals surface area contributed by atoms with E-state index in [2.05, 4.69) is 15.5 Å². The van der Waals surface area contributed by atoms with Crippen LogP contribution >= 0.6 is 23.4 Å². The molecule has 1 aromatic heterocycles. The molecule has 24 heavy (non-hydrogen) atoms. The zero-order valence-corrected chi connectivity index (χ0v) is 14.8. The van der Waals surface area contributed by atoms with E-state index >= 15 is 0 Å². The first-order valence-electron chi connectivity index (χ1n) is 7.33. The smallest absolute Gasteiger partial charge is 0.214 e. The molecule has 3 rings (SSSR count). The number of tetrazole rings is 1. The zero-order valence-electron chi connectivity index (χ0n) is 13.2. The van der Waals surface area contributed by atoms with Gasteiger partial charge in [-0.2, -0.15) is 4.68 Å². The van der Waals surface area contributed by atoms with Crippen LogP contribution in [0.2, 0.25) is 5.02 Å². The Morgan fingerprint density at radius 1 is 1.21 bits per heavy atom. The highest BCUT2D eigenvalue weighted by Gasteiger charge is 2.15. The van der Waals surface area contributed by atoms with Gasteiger partial charge in [0.2, 0.25) is 5.16 Å². The van der Waals surface area contributed by atoms with Crippen LogP contribution in [0.5, 0.6) is 0 Å². The number of rotatable bonds is 5. The average Bonchev–Trinajstić information content (AvgIpc) is 3.03. The lowest BCUT2D eigenvalue weighted by atomic mass is 10.1. The van der Waals surface area contributed by atoms with Gasteiger partial charge < -0.3 is 0 Å². The Bertz CT molecular complexity index is 894. The molecule has 3 aromatic rings. The Labute approximate surface area is 149 Å². The van der Waals surface area contributed by atoms with Crippen LogP contribution in [-0.4, -0.2) is 31.7 Å². The Hall–Kier alpha value is -2.18. The molecule has 0 atom stereocenters. The molecular weight excluding hydrogens is 344 g/mol. The molecule has 0 spiro atoms. The maximum absolute atomic E-state index is 12.3. The summed E-state index contributed by atoms with van der Waals surface area (Å²) in [4.78, 5) is 12.3. The number of nitrogens with zero attached hydrogens (tertiary/aromatic N) is 4. The molecule has 5 nitrogen and oxygen atoms in total. The topological polar surface area (TPSA) is 60.7 Å². The molecule has 2 aromatic carbocycles. The highest BCUT2D eigenvalue weighted by molar-refractivity contribution is 7.99. The van der Waals surface area contributed by atoms with Crippen molar-refractivity contribution in [1.82, 2.24) is 20.2 Å². The predicted molar refractivity (Wildman–Crippen MR) is 95.1 cm³/mol. The van der Waals surface area contributed by atoms with Gasteiger partial charge in [0.1, 0.15) is 0 Å². The van der Waals surface area contributed by atoms with Crippen LogP contribution in [0, 0.1) is 13.8 Å². The third-order valence-corrected chi connectivity index (χ3v) is 4.79. The van der Waals surface area contributed by atoms with Gasteiger partial charge in [-0.15, -0.1) is 5.10 Å². The zero-order chi connectivity index (χ0) is 17.1. The molecule has 0 unspecified atom stereocenters. The molecular formula is C17H15ClN4OS. The molecule has 0 aliphatic heterocycles. The van der Waals surface area contributed by atoms with Gasteiger partial charge in [-0.05, 0) is 53.6 Å². The molecule has 0 aliphatic rings. The first kappa shape index (κ1) is 16.7. The van der Waals surface area contributed by atoms with Crippen LogP contribution < -0.4 is 0 Å². The predicted octanol–water partition coefficient (Wildman–Crippen LogP) is 3.91. The van der Waals surface area contributed by atoms with E-state index in [1.807, 2.05) is 32.0 Å². The fourth-order valence-electron chi connectivity index (χ4n) is 2.26. The number of aromatic nitrogens is 4. The molecule has 122 valence electrons. The second kappa shape index (κ2) is 7.15. The van der Waals surface area contributed by atoms with Crippen molar-refractivity contribution in [3.63, 3.8) is 0 Å². The second-order valence-electron chi connectivity index (χ2n) is 5.35. The number of hydrogen-bond donors (Lipinski definition) is 0. The number of thioether (sulfide) groups is 1. The number of halogens is 1. The summed E-state index contributed by atoms with van der Waals surface area (Å²) in [6.45, 7) is 4.01. The van der Waals surface area contributed by atoms with Gasteiger partial charge >= 0.3 is 0 Å². The van der Waals surface area contributed by atoms with Crippen molar-refractivity contribution in [3.05, 3.63) is 64.2 Å². The van der Waals surface area contributed by atoms with E-state index in [1.54, 1.807) is 28.9 Å². The van der Waals surface area contributed by atoms with E-state index in [4.69, 9.17) is 11.6 Å². The second-order valence-corrected chi connectivity index (χ2v) is 6.70. The average molecular weight is 359 g/mol. The highest BCUT2D eigenvalue weighted by atomic mass is 35.5. The van der Waals surface area contributed by atoms with Crippen LogP contribution in [-0.2, 0) is 0 Å². The maximum atomic E-state index is 12.3. The van der Waals surface area contributed by atoms with Gasteiger partial charge in [-0.25, -0.2) is 0 Å². The Kier molecular flexibility index (Phi) is 4.97. The molecule has 0 aliphatic carbocycles. The van der Waals surface area contributed by atoms with E-state index in [-0.39, 0.29) is 11.5 Å². The normalized spacial score (nSPS) is 10.8. The molecule has 0 saturated carbocycles. The molecule has 0 radical (unpaired) electrons. The summed E-state index contributed by atoms with van der Waals surface area (Å²) in [6, 6.07) is 13.1. The molecule has 0 N–H and O–H groups in total. The quantitative estimate of drug-likeness (QED) is 0.511. The van der Waals surface area contributed by atoms with Crippen LogP contribution in [0.4, 0.5) is 0 Å². The summed E-state index contributed by atoms with van der Waals surface area (Å²) >= 11 is 7.36. The largest absolute Gasteiger partial charge is 0.293 e. The number of carbonyl (C=O) groups is 1. The Morgan fingerprint density at radius 2 is 2.00 bits per heavy atom. The minimum Gasteiger partial charge on any atom is -0.293 e. The van der Waals surface area contributed by atoms with Crippen molar-refractivity contribution in [1.29, 1.82) is 0 Å². The first-order valence-corrected chi connectivity index (χ1v) is 8.69. The number of aryl methyl sites for hydroxylation is 2. The highest BCUT2D eigenvalue weighted by Crippen LogP contribution is 2.24. The third kappa shape index (κ3) is 3.49. The van der Waals surface area contributed by atoms with E-state index in [9.17, 15) is 4.79 Å². The van der Waals surface area contributed by atoms with Crippen molar-refractivity contribution in [2.45, 2.75) is 19.0 Å². The number of benzene rings is 2. The number of Topliss-reactive ketones (excluding diaryl/α,β-unsaturated/α-hetero) is 1. The van der Waals surface area contributed by atoms with E-state index in [0.29, 0.717) is 15.7 Å². The van der Waals surface area contributed by atoms with Crippen LogP contribution in [0.3, 0.4) is 0 Å². The molecule has 0 saturated heterocycles. The van der Waals surface area contributed by atoms with Crippen molar-refractivity contribution < 1.29 is 4.79 Å². The molecule has 1 heterocycles. The van der Waals surface area contributed by atoms with Gasteiger partial charge in [-0.1, -0.05) is 47.6 Å². The Balaban J connectivity index is 1.81. The third-order valence-electron chi connectivity index (χ3n) is 3.54. The van der Waals surface area contributed by atoms with Gasteiger partial charge in [-0.3, -0.25) is 4.79 Å². The first-order chi connectivity index (χ1) is 11.6. The van der Waals surface area contributed by atoms with Crippen LogP contribution in [0.1, 0.15) is 21.5 Å². The fourth-order valence-corrected chi connectivity index (χ4v) is 3.27. The van der Waals surface area contributed by atoms with Crippen LogP contribution in [0.25, 0.3) is 5.69 Å². The minimum absolute atomic E-state index is 0.0545. The summed E-state index contributed by atoms with van der Waals surface area (Å²) in [7, 11) is 0. The summed E-state index contributed by atoms with van der Waals surface area (Å²) in [5.41, 5.74) is 3.60. The number of carbonyl (C=O) groups excluding carboxylic acids is 1.